The molecule has 0 fully saturated rings. The van der Waals surface area contributed by atoms with Crippen LogP contribution in [0.4, 0.5) is 0 Å². The Bertz CT molecular complexity index is 132. The molecule has 0 spiro atoms. The molecule has 0 aromatic carbocycles. The highest BCUT2D eigenvalue weighted by molar-refractivity contribution is 4.83. The topological polar surface area (TPSA) is 49.7 Å². The van der Waals surface area contributed by atoms with Crippen molar-refractivity contribution in [1.29, 1.82) is 0 Å². The molecule has 0 aliphatic heterocycles. The zero-order chi connectivity index (χ0) is 9.23. The van der Waals surface area contributed by atoms with E-state index < -0.39 is 6.10 Å². The van der Waals surface area contributed by atoms with Crippen LogP contribution in [-0.4, -0.2) is 36.1 Å². The van der Waals surface area contributed by atoms with Gasteiger partial charge in [-0.05, 0) is 6.42 Å². The molecule has 3 heteroatoms. The molecule has 0 radical (unpaired) electrons. The Morgan fingerprint density at radius 1 is 1.42 bits per heavy atom. The van der Waals surface area contributed by atoms with Crippen LogP contribution in [-0.2, 0) is 4.74 Å². The second kappa shape index (κ2) is 8.46. The van der Waals surface area contributed by atoms with E-state index in [0.717, 1.165) is 0 Å². The van der Waals surface area contributed by atoms with E-state index >= 15 is 0 Å². The SMILES string of the molecule is C=CCOCC(O)C/C=C\CO. The van der Waals surface area contributed by atoms with Crippen molar-refractivity contribution < 1.29 is 14.9 Å². The lowest BCUT2D eigenvalue weighted by Crippen LogP contribution is -2.14. The fourth-order valence-corrected chi connectivity index (χ4v) is 0.683. The number of hydrogen-bond acceptors (Lipinski definition) is 3. The molecule has 12 heavy (non-hydrogen) atoms. The number of rotatable bonds is 7. The second-order valence-electron chi connectivity index (χ2n) is 2.37. The number of ether oxygens (including phenoxy) is 1. The quantitative estimate of drug-likeness (QED) is 0.434. The van der Waals surface area contributed by atoms with Gasteiger partial charge < -0.3 is 14.9 Å². The summed E-state index contributed by atoms with van der Waals surface area (Å²) >= 11 is 0. The Kier molecular flexibility index (Phi) is 8.01. The van der Waals surface area contributed by atoms with E-state index in [1.165, 1.54) is 0 Å². The molecule has 0 aliphatic carbocycles. The Labute approximate surface area is 73.0 Å². The molecule has 0 heterocycles. The summed E-state index contributed by atoms with van der Waals surface area (Å²) in [5, 5.41) is 17.6. The fourth-order valence-electron chi connectivity index (χ4n) is 0.683. The van der Waals surface area contributed by atoms with Gasteiger partial charge in [-0.15, -0.1) is 6.58 Å². The maximum absolute atomic E-state index is 9.21. The van der Waals surface area contributed by atoms with Crippen molar-refractivity contribution in [1.82, 2.24) is 0 Å². The van der Waals surface area contributed by atoms with Gasteiger partial charge in [0.15, 0.2) is 0 Å². The molecule has 2 N–H and O–H groups in total. The molecule has 0 aromatic rings. The summed E-state index contributed by atoms with van der Waals surface area (Å²) in [6, 6.07) is 0. The molecular formula is C9H16O3. The molecule has 0 rings (SSSR count). The van der Waals surface area contributed by atoms with Gasteiger partial charge in [0.1, 0.15) is 0 Å². The molecule has 0 bridgehead atoms. The van der Waals surface area contributed by atoms with Gasteiger partial charge in [0, 0.05) is 0 Å². The van der Waals surface area contributed by atoms with Gasteiger partial charge in [0.05, 0.1) is 25.9 Å². The van der Waals surface area contributed by atoms with E-state index in [1.807, 2.05) is 0 Å². The van der Waals surface area contributed by atoms with Crippen LogP contribution in [0, 0.1) is 0 Å². The standard InChI is InChI=1S/C9H16O3/c1-2-7-12-8-9(11)5-3-4-6-10/h2-4,9-11H,1,5-8H2/b4-3-. The third-order valence-corrected chi connectivity index (χ3v) is 1.23. The van der Waals surface area contributed by atoms with Crippen LogP contribution in [0.15, 0.2) is 24.8 Å². The molecule has 0 aliphatic rings. The molecule has 1 unspecified atom stereocenters. The lowest BCUT2D eigenvalue weighted by atomic mass is 10.2. The van der Waals surface area contributed by atoms with Gasteiger partial charge in [-0.25, -0.2) is 0 Å². The lowest BCUT2D eigenvalue weighted by Gasteiger charge is -2.06. The second-order valence-corrected chi connectivity index (χ2v) is 2.37. The maximum atomic E-state index is 9.21. The highest BCUT2D eigenvalue weighted by Gasteiger charge is 1.99. The average molecular weight is 172 g/mol. The zero-order valence-corrected chi connectivity index (χ0v) is 7.15. The number of hydrogen-bond donors (Lipinski definition) is 2. The van der Waals surface area contributed by atoms with Gasteiger partial charge in [-0.2, -0.15) is 0 Å². The minimum Gasteiger partial charge on any atom is -0.392 e. The fraction of sp³-hybridized carbons (Fsp3) is 0.556. The van der Waals surface area contributed by atoms with Crippen molar-refractivity contribution in [2.45, 2.75) is 12.5 Å². The van der Waals surface area contributed by atoms with E-state index in [1.54, 1.807) is 18.2 Å². The molecule has 0 amide bonds. The van der Waals surface area contributed by atoms with Crippen LogP contribution >= 0.6 is 0 Å². The highest BCUT2D eigenvalue weighted by atomic mass is 16.5. The van der Waals surface area contributed by atoms with Crippen molar-refractivity contribution in [3.8, 4) is 0 Å². The first-order chi connectivity index (χ1) is 5.81. The van der Waals surface area contributed by atoms with Gasteiger partial charge >= 0.3 is 0 Å². The van der Waals surface area contributed by atoms with Crippen LogP contribution in [0.1, 0.15) is 6.42 Å². The molecular weight excluding hydrogens is 156 g/mol. The number of aliphatic hydroxyl groups is 2. The summed E-state index contributed by atoms with van der Waals surface area (Å²) in [5.41, 5.74) is 0. The summed E-state index contributed by atoms with van der Waals surface area (Å²) in [5.74, 6) is 0. The van der Waals surface area contributed by atoms with Gasteiger partial charge in [0.2, 0.25) is 0 Å². The van der Waals surface area contributed by atoms with Gasteiger partial charge in [-0.3, -0.25) is 0 Å². The minimum absolute atomic E-state index is 0.0141. The van der Waals surface area contributed by atoms with E-state index in [2.05, 4.69) is 6.58 Å². The smallest absolute Gasteiger partial charge is 0.0808 e. The zero-order valence-electron chi connectivity index (χ0n) is 7.15. The van der Waals surface area contributed by atoms with Crippen molar-refractivity contribution in [3.05, 3.63) is 24.8 Å². The Hall–Kier alpha value is -0.640. The third-order valence-electron chi connectivity index (χ3n) is 1.23. The first-order valence-corrected chi connectivity index (χ1v) is 3.93. The van der Waals surface area contributed by atoms with Crippen molar-refractivity contribution in [2.75, 3.05) is 19.8 Å². The van der Waals surface area contributed by atoms with Crippen LogP contribution in [0.3, 0.4) is 0 Å². The van der Waals surface area contributed by atoms with Crippen molar-refractivity contribution >= 4 is 0 Å². The van der Waals surface area contributed by atoms with Crippen LogP contribution in [0.25, 0.3) is 0 Å². The largest absolute Gasteiger partial charge is 0.392 e. The molecule has 1 atom stereocenters. The van der Waals surface area contributed by atoms with E-state index in [-0.39, 0.29) is 6.61 Å². The normalized spacial score (nSPS) is 13.5. The predicted octanol–water partition coefficient (Wildman–Crippen LogP) is 0.488. The molecule has 0 aromatic heterocycles. The van der Waals surface area contributed by atoms with Crippen LogP contribution < -0.4 is 0 Å². The van der Waals surface area contributed by atoms with Gasteiger partial charge in [0.25, 0.3) is 0 Å². The summed E-state index contributed by atoms with van der Waals surface area (Å²) in [6.07, 6.45) is 4.97. The van der Waals surface area contributed by atoms with Crippen LogP contribution in [0.2, 0.25) is 0 Å². The van der Waals surface area contributed by atoms with E-state index in [4.69, 9.17) is 9.84 Å². The monoisotopic (exact) mass is 172 g/mol. The molecule has 3 nitrogen and oxygen atoms in total. The van der Waals surface area contributed by atoms with E-state index in [0.29, 0.717) is 19.6 Å². The summed E-state index contributed by atoms with van der Waals surface area (Å²) in [7, 11) is 0. The first-order valence-electron chi connectivity index (χ1n) is 3.93. The highest BCUT2D eigenvalue weighted by Crippen LogP contribution is 1.94. The Morgan fingerprint density at radius 2 is 2.17 bits per heavy atom. The summed E-state index contributed by atoms with van der Waals surface area (Å²) in [4.78, 5) is 0. The third kappa shape index (κ3) is 7.47. The van der Waals surface area contributed by atoms with Crippen molar-refractivity contribution in [3.63, 3.8) is 0 Å². The van der Waals surface area contributed by atoms with Crippen LogP contribution in [0.5, 0.6) is 0 Å². The Morgan fingerprint density at radius 3 is 2.75 bits per heavy atom. The molecule has 0 saturated carbocycles. The predicted molar refractivity (Wildman–Crippen MR) is 47.9 cm³/mol. The summed E-state index contributed by atoms with van der Waals surface area (Å²) < 4.78 is 5.01. The first kappa shape index (κ1) is 11.4. The summed E-state index contributed by atoms with van der Waals surface area (Å²) in [6.45, 7) is 4.26. The Balaban J connectivity index is 3.26. The molecule has 70 valence electrons. The molecule has 0 saturated heterocycles. The van der Waals surface area contributed by atoms with Gasteiger partial charge in [-0.1, -0.05) is 18.2 Å². The lowest BCUT2D eigenvalue weighted by molar-refractivity contribution is 0.0511. The maximum Gasteiger partial charge on any atom is 0.0808 e. The average Bonchev–Trinajstić information content (AvgIpc) is 2.06. The van der Waals surface area contributed by atoms with Crippen molar-refractivity contribution in [2.24, 2.45) is 0 Å². The minimum atomic E-state index is -0.493. The number of aliphatic hydroxyl groups excluding tert-OH is 2. The van der Waals surface area contributed by atoms with E-state index in [9.17, 15) is 5.11 Å².